The average Bonchev–Trinajstić information content (AvgIpc) is 2.25. The van der Waals surface area contributed by atoms with E-state index in [-0.39, 0.29) is 11.8 Å². The Bertz CT molecular complexity index is 288. The van der Waals surface area contributed by atoms with E-state index in [4.69, 9.17) is 5.73 Å². The molecule has 18 heavy (non-hydrogen) atoms. The highest BCUT2D eigenvalue weighted by molar-refractivity contribution is 5.87. The Balaban J connectivity index is 4.36. The van der Waals surface area contributed by atoms with Crippen molar-refractivity contribution >= 4 is 11.9 Å². The molecule has 0 aliphatic heterocycles. The molecule has 0 aromatic rings. The van der Waals surface area contributed by atoms with Crippen LogP contribution in [-0.4, -0.2) is 31.1 Å². The van der Waals surface area contributed by atoms with Gasteiger partial charge in [-0.2, -0.15) is 0 Å². The van der Waals surface area contributed by atoms with Crippen LogP contribution >= 0.6 is 0 Å². The zero-order valence-electron chi connectivity index (χ0n) is 12.1. The van der Waals surface area contributed by atoms with Gasteiger partial charge in [0.2, 0.25) is 5.91 Å². The Morgan fingerprint density at radius 3 is 2.28 bits per heavy atom. The molecule has 0 fully saturated rings. The van der Waals surface area contributed by atoms with Crippen LogP contribution in [0.2, 0.25) is 0 Å². The zero-order chi connectivity index (χ0) is 14.3. The van der Waals surface area contributed by atoms with Crippen molar-refractivity contribution in [2.45, 2.75) is 46.1 Å². The molecule has 0 bridgehead atoms. The van der Waals surface area contributed by atoms with Crippen LogP contribution in [0.5, 0.6) is 0 Å². The predicted molar refractivity (Wildman–Crippen MR) is 70.9 cm³/mol. The highest BCUT2D eigenvalue weighted by Gasteiger charge is 2.30. The number of esters is 1. The van der Waals surface area contributed by atoms with E-state index >= 15 is 0 Å². The lowest BCUT2D eigenvalue weighted by Crippen LogP contribution is -2.50. The third-order valence-electron chi connectivity index (χ3n) is 2.76. The maximum atomic E-state index is 11.9. The van der Waals surface area contributed by atoms with Gasteiger partial charge >= 0.3 is 5.97 Å². The van der Waals surface area contributed by atoms with Crippen LogP contribution < -0.4 is 11.1 Å². The standard InChI is InChI=1S/C13H26N2O3/c1-9(2)6-10(8-14)7-11(16)15-13(3,4)12(17)18-5/h9-10H,6-8,14H2,1-5H3,(H,15,16). The third kappa shape index (κ3) is 6.00. The Labute approximate surface area is 109 Å². The molecule has 0 rings (SSSR count). The topological polar surface area (TPSA) is 81.4 Å². The monoisotopic (exact) mass is 258 g/mol. The highest BCUT2D eigenvalue weighted by atomic mass is 16.5. The van der Waals surface area contributed by atoms with E-state index in [1.165, 1.54) is 7.11 Å². The van der Waals surface area contributed by atoms with Crippen LogP contribution in [0.3, 0.4) is 0 Å². The largest absolute Gasteiger partial charge is 0.467 e. The summed E-state index contributed by atoms with van der Waals surface area (Å²) >= 11 is 0. The molecule has 0 heterocycles. The lowest BCUT2D eigenvalue weighted by atomic mass is 9.93. The van der Waals surface area contributed by atoms with E-state index in [1.54, 1.807) is 13.8 Å². The van der Waals surface area contributed by atoms with Crippen molar-refractivity contribution in [2.75, 3.05) is 13.7 Å². The minimum absolute atomic E-state index is 0.151. The number of ether oxygens (including phenoxy) is 1. The molecule has 1 unspecified atom stereocenters. The van der Waals surface area contributed by atoms with E-state index in [9.17, 15) is 9.59 Å². The fraction of sp³-hybridized carbons (Fsp3) is 0.846. The van der Waals surface area contributed by atoms with E-state index in [0.29, 0.717) is 18.9 Å². The Morgan fingerprint density at radius 2 is 1.89 bits per heavy atom. The first-order chi connectivity index (χ1) is 8.22. The third-order valence-corrected chi connectivity index (χ3v) is 2.76. The van der Waals surface area contributed by atoms with Crippen LogP contribution in [0.25, 0.3) is 0 Å². The number of nitrogens with one attached hydrogen (secondary N) is 1. The normalized spacial score (nSPS) is 13.3. The van der Waals surface area contributed by atoms with Gasteiger partial charge in [-0.05, 0) is 38.6 Å². The smallest absolute Gasteiger partial charge is 0.330 e. The summed E-state index contributed by atoms with van der Waals surface area (Å²) in [6.45, 7) is 7.91. The fourth-order valence-electron chi connectivity index (χ4n) is 1.90. The molecule has 3 N–H and O–H groups in total. The van der Waals surface area contributed by atoms with E-state index in [1.807, 2.05) is 0 Å². The molecule has 1 atom stereocenters. The quantitative estimate of drug-likeness (QED) is 0.669. The van der Waals surface area contributed by atoms with Gasteiger partial charge in [0.05, 0.1) is 7.11 Å². The van der Waals surface area contributed by atoms with Crippen LogP contribution in [0, 0.1) is 11.8 Å². The molecule has 106 valence electrons. The van der Waals surface area contributed by atoms with E-state index in [0.717, 1.165) is 6.42 Å². The first kappa shape index (κ1) is 16.9. The number of carbonyl (C=O) groups excluding carboxylic acids is 2. The fourth-order valence-corrected chi connectivity index (χ4v) is 1.90. The molecule has 0 radical (unpaired) electrons. The molecule has 0 saturated carbocycles. The molecule has 5 heteroatoms. The minimum atomic E-state index is -0.997. The predicted octanol–water partition coefficient (Wildman–Crippen LogP) is 1.07. The van der Waals surface area contributed by atoms with Gasteiger partial charge in [-0.25, -0.2) is 4.79 Å². The Kier molecular flexibility index (Phi) is 6.91. The molecule has 1 amide bonds. The van der Waals surface area contributed by atoms with E-state index < -0.39 is 11.5 Å². The van der Waals surface area contributed by atoms with Gasteiger partial charge < -0.3 is 15.8 Å². The second kappa shape index (κ2) is 7.36. The molecular formula is C13H26N2O3. The number of hydrogen-bond donors (Lipinski definition) is 2. The van der Waals surface area contributed by atoms with Crippen molar-refractivity contribution in [3.63, 3.8) is 0 Å². The molecule has 5 nitrogen and oxygen atoms in total. The maximum absolute atomic E-state index is 11.9. The molecule has 0 aromatic carbocycles. The van der Waals surface area contributed by atoms with Crippen LogP contribution in [0.4, 0.5) is 0 Å². The highest BCUT2D eigenvalue weighted by Crippen LogP contribution is 2.15. The molecule has 0 aliphatic carbocycles. The lowest BCUT2D eigenvalue weighted by molar-refractivity contribution is -0.149. The van der Waals surface area contributed by atoms with Gasteiger partial charge in [0, 0.05) is 6.42 Å². The molecule has 0 aliphatic rings. The zero-order valence-corrected chi connectivity index (χ0v) is 12.1. The first-order valence-electron chi connectivity index (χ1n) is 6.32. The van der Waals surface area contributed by atoms with Crippen molar-refractivity contribution in [3.8, 4) is 0 Å². The lowest BCUT2D eigenvalue weighted by Gasteiger charge is -2.24. The van der Waals surface area contributed by atoms with Crippen molar-refractivity contribution in [2.24, 2.45) is 17.6 Å². The van der Waals surface area contributed by atoms with Gasteiger partial charge in [0.1, 0.15) is 5.54 Å². The van der Waals surface area contributed by atoms with Crippen molar-refractivity contribution in [3.05, 3.63) is 0 Å². The van der Waals surface area contributed by atoms with Crippen LogP contribution in [-0.2, 0) is 14.3 Å². The van der Waals surface area contributed by atoms with Crippen molar-refractivity contribution in [1.29, 1.82) is 0 Å². The molecule has 0 spiro atoms. The number of rotatable bonds is 7. The number of amides is 1. The van der Waals surface area contributed by atoms with Crippen molar-refractivity contribution in [1.82, 2.24) is 5.32 Å². The van der Waals surface area contributed by atoms with E-state index in [2.05, 4.69) is 23.9 Å². The summed E-state index contributed by atoms with van der Waals surface area (Å²) in [4.78, 5) is 23.3. The summed E-state index contributed by atoms with van der Waals surface area (Å²) in [6.07, 6.45) is 1.25. The summed E-state index contributed by atoms with van der Waals surface area (Å²) in [6, 6.07) is 0. The summed E-state index contributed by atoms with van der Waals surface area (Å²) in [5.74, 6) is 0.0314. The second-order valence-corrected chi connectivity index (χ2v) is 5.60. The number of carbonyl (C=O) groups is 2. The molecule has 0 aromatic heterocycles. The van der Waals surface area contributed by atoms with Gasteiger partial charge in [-0.1, -0.05) is 13.8 Å². The molecular weight excluding hydrogens is 232 g/mol. The average molecular weight is 258 g/mol. The summed E-state index contributed by atoms with van der Waals surface area (Å²) in [5, 5.41) is 2.68. The van der Waals surface area contributed by atoms with Gasteiger partial charge in [0.15, 0.2) is 0 Å². The second-order valence-electron chi connectivity index (χ2n) is 5.60. The van der Waals surface area contributed by atoms with Crippen LogP contribution in [0.1, 0.15) is 40.5 Å². The van der Waals surface area contributed by atoms with Crippen molar-refractivity contribution < 1.29 is 14.3 Å². The Morgan fingerprint density at radius 1 is 1.33 bits per heavy atom. The van der Waals surface area contributed by atoms with Gasteiger partial charge in [-0.15, -0.1) is 0 Å². The minimum Gasteiger partial charge on any atom is -0.467 e. The van der Waals surface area contributed by atoms with Crippen LogP contribution in [0.15, 0.2) is 0 Å². The number of nitrogens with two attached hydrogens (primary N) is 1. The molecule has 0 saturated heterocycles. The summed E-state index contributed by atoms with van der Waals surface area (Å²) in [5.41, 5.74) is 4.65. The number of hydrogen-bond acceptors (Lipinski definition) is 4. The van der Waals surface area contributed by atoms with Gasteiger partial charge in [-0.3, -0.25) is 4.79 Å². The summed E-state index contributed by atoms with van der Waals surface area (Å²) < 4.78 is 4.63. The Hall–Kier alpha value is -1.10. The maximum Gasteiger partial charge on any atom is 0.330 e. The first-order valence-corrected chi connectivity index (χ1v) is 6.32. The number of methoxy groups -OCH3 is 1. The SMILES string of the molecule is COC(=O)C(C)(C)NC(=O)CC(CN)CC(C)C. The van der Waals surface area contributed by atoms with Gasteiger partial charge in [0.25, 0.3) is 0 Å². The summed E-state index contributed by atoms with van der Waals surface area (Å²) in [7, 11) is 1.30.